The number of rotatable bonds is 6. The summed E-state index contributed by atoms with van der Waals surface area (Å²) in [6, 6.07) is 0. The second-order valence-electron chi connectivity index (χ2n) is 4.01. The molecule has 78 valence electrons. The van der Waals surface area contributed by atoms with Crippen molar-refractivity contribution in [3.05, 3.63) is 0 Å². The Hall–Kier alpha value is -0.570. The Morgan fingerprint density at radius 3 is 2.54 bits per heavy atom. The third-order valence-corrected chi connectivity index (χ3v) is 1.97. The van der Waals surface area contributed by atoms with Crippen molar-refractivity contribution in [2.75, 3.05) is 6.61 Å². The highest BCUT2D eigenvalue weighted by atomic mass is 16.3. The molecule has 0 rings (SSSR count). The van der Waals surface area contributed by atoms with Crippen molar-refractivity contribution < 1.29 is 9.90 Å². The summed E-state index contributed by atoms with van der Waals surface area (Å²) in [7, 11) is 0. The van der Waals surface area contributed by atoms with Gasteiger partial charge < -0.3 is 10.4 Å². The van der Waals surface area contributed by atoms with E-state index < -0.39 is 0 Å². The summed E-state index contributed by atoms with van der Waals surface area (Å²) in [6.07, 6.45) is 3.16. The molecule has 0 atom stereocenters. The van der Waals surface area contributed by atoms with E-state index in [1.807, 2.05) is 13.8 Å². The van der Waals surface area contributed by atoms with Gasteiger partial charge in [-0.2, -0.15) is 0 Å². The van der Waals surface area contributed by atoms with Crippen molar-refractivity contribution in [3.8, 4) is 0 Å². The van der Waals surface area contributed by atoms with Gasteiger partial charge in [0, 0.05) is 18.6 Å². The van der Waals surface area contributed by atoms with Crippen LogP contribution in [0.3, 0.4) is 0 Å². The predicted octanol–water partition coefficient (Wildman–Crippen LogP) is 1.45. The first-order chi connectivity index (χ1) is 6.02. The topological polar surface area (TPSA) is 49.3 Å². The van der Waals surface area contributed by atoms with E-state index in [0.717, 1.165) is 12.8 Å². The zero-order valence-corrected chi connectivity index (χ0v) is 8.89. The molecule has 0 spiro atoms. The maximum absolute atomic E-state index is 11.3. The van der Waals surface area contributed by atoms with Gasteiger partial charge in [0.05, 0.1) is 0 Å². The smallest absolute Gasteiger partial charge is 0.220 e. The number of aliphatic hydroxyl groups excluding tert-OH is 1. The van der Waals surface area contributed by atoms with E-state index in [4.69, 9.17) is 5.11 Å². The van der Waals surface area contributed by atoms with Gasteiger partial charge >= 0.3 is 0 Å². The van der Waals surface area contributed by atoms with Gasteiger partial charge in [0.1, 0.15) is 0 Å². The van der Waals surface area contributed by atoms with E-state index in [-0.39, 0.29) is 18.1 Å². The van der Waals surface area contributed by atoms with Gasteiger partial charge in [0.2, 0.25) is 5.91 Å². The molecule has 0 fully saturated rings. The van der Waals surface area contributed by atoms with Crippen molar-refractivity contribution in [1.82, 2.24) is 5.32 Å². The first-order valence-corrected chi connectivity index (χ1v) is 4.93. The largest absolute Gasteiger partial charge is 0.396 e. The quantitative estimate of drug-likeness (QED) is 0.661. The summed E-state index contributed by atoms with van der Waals surface area (Å²) in [5.74, 6) is 0.0836. The van der Waals surface area contributed by atoms with Crippen LogP contribution in [0.1, 0.15) is 46.5 Å². The van der Waals surface area contributed by atoms with Gasteiger partial charge in [-0.3, -0.25) is 4.79 Å². The molecule has 0 unspecified atom stereocenters. The van der Waals surface area contributed by atoms with E-state index in [9.17, 15) is 4.79 Å². The molecule has 0 aliphatic carbocycles. The van der Waals surface area contributed by atoms with Crippen LogP contribution < -0.4 is 5.32 Å². The van der Waals surface area contributed by atoms with E-state index in [1.54, 1.807) is 0 Å². The van der Waals surface area contributed by atoms with Crippen LogP contribution in [0.25, 0.3) is 0 Å². The normalized spacial score (nSPS) is 11.4. The molecular weight excluding hydrogens is 166 g/mol. The van der Waals surface area contributed by atoms with Gasteiger partial charge in [-0.15, -0.1) is 0 Å². The van der Waals surface area contributed by atoms with E-state index >= 15 is 0 Å². The lowest BCUT2D eigenvalue weighted by Gasteiger charge is -2.25. The Kier molecular flexibility index (Phi) is 5.71. The Morgan fingerprint density at radius 1 is 1.46 bits per heavy atom. The third-order valence-electron chi connectivity index (χ3n) is 1.97. The Bertz CT molecular complexity index is 155. The van der Waals surface area contributed by atoms with Crippen LogP contribution in [-0.4, -0.2) is 23.2 Å². The fourth-order valence-corrected chi connectivity index (χ4v) is 1.12. The molecule has 0 aromatic heterocycles. The summed E-state index contributed by atoms with van der Waals surface area (Å²) in [6.45, 7) is 6.02. The average Bonchev–Trinajstić information content (AvgIpc) is 1.99. The summed E-state index contributed by atoms with van der Waals surface area (Å²) < 4.78 is 0. The average molecular weight is 187 g/mol. The SMILES string of the molecule is CCCCC(=O)NC(C)(C)CCO. The monoisotopic (exact) mass is 187 g/mol. The number of hydrogen-bond donors (Lipinski definition) is 2. The number of amides is 1. The van der Waals surface area contributed by atoms with Crippen molar-refractivity contribution in [1.29, 1.82) is 0 Å². The minimum Gasteiger partial charge on any atom is -0.396 e. The fraction of sp³-hybridized carbons (Fsp3) is 0.900. The summed E-state index contributed by atoms with van der Waals surface area (Å²) in [4.78, 5) is 11.3. The highest BCUT2D eigenvalue weighted by molar-refractivity contribution is 5.76. The first kappa shape index (κ1) is 12.4. The number of hydrogen-bond acceptors (Lipinski definition) is 2. The molecule has 0 aliphatic rings. The minimum atomic E-state index is -0.278. The first-order valence-electron chi connectivity index (χ1n) is 4.93. The summed E-state index contributed by atoms with van der Waals surface area (Å²) in [5.41, 5.74) is -0.278. The lowest BCUT2D eigenvalue weighted by atomic mass is 10.0. The van der Waals surface area contributed by atoms with Gasteiger partial charge in [-0.05, 0) is 26.7 Å². The molecule has 3 heteroatoms. The molecule has 3 nitrogen and oxygen atoms in total. The molecule has 13 heavy (non-hydrogen) atoms. The molecule has 0 aromatic carbocycles. The number of carbonyl (C=O) groups is 1. The fourth-order valence-electron chi connectivity index (χ4n) is 1.12. The van der Waals surface area contributed by atoms with Crippen LogP contribution in [0.4, 0.5) is 0 Å². The van der Waals surface area contributed by atoms with E-state index in [0.29, 0.717) is 12.8 Å². The van der Waals surface area contributed by atoms with Crippen LogP contribution in [0, 0.1) is 0 Å². The molecule has 0 aromatic rings. The van der Waals surface area contributed by atoms with Crippen molar-refractivity contribution in [3.63, 3.8) is 0 Å². The van der Waals surface area contributed by atoms with Gasteiger partial charge in [0.15, 0.2) is 0 Å². The molecule has 0 saturated heterocycles. The highest BCUT2D eigenvalue weighted by Gasteiger charge is 2.18. The van der Waals surface area contributed by atoms with Crippen LogP contribution in [0.15, 0.2) is 0 Å². The van der Waals surface area contributed by atoms with Gasteiger partial charge in [-0.25, -0.2) is 0 Å². The Balaban J connectivity index is 3.75. The van der Waals surface area contributed by atoms with Crippen LogP contribution in [-0.2, 0) is 4.79 Å². The molecule has 0 saturated carbocycles. The number of unbranched alkanes of at least 4 members (excludes halogenated alkanes) is 1. The Morgan fingerprint density at radius 2 is 2.08 bits per heavy atom. The van der Waals surface area contributed by atoms with E-state index in [1.165, 1.54) is 0 Å². The summed E-state index contributed by atoms with van der Waals surface area (Å²) >= 11 is 0. The van der Waals surface area contributed by atoms with Gasteiger partial charge in [-0.1, -0.05) is 13.3 Å². The van der Waals surface area contributed by atoms with Crippen molar-refractivity contribution in [2.45, 2.75) is 52.0 Å². The number of carbonyl (C=O) groups excluding carboxylic acids is 1. The van der Waals surface area contributed by atoms with Crippen LogP contribution in [0.5, 0.6) is 0 Å². The number of nitrogens with one attached hydrogen (secondary N) is 1. The lowest BCUT2D eigenvalue weighted by molar-refractivity contribution is -0.122. The summed E-state index contributed by atoms with van der Waals surface area (Å²) in [5, 5.41) is 11.6. The second kappa shape index (κ2) is 5.97. The van der Waals surface area contributed by atoms with Crippen LogP contribution in [0.2, 0.25) is 0 Å². The molecule has 0 radical (unpaired) electrons. The molecule has 1 amide bonds. The molecule has 0 aliphatic heterocycles. The maximum atomic E-state index is 11.3. The lowest BCUT2D eigenvalue weighted by Crippen LogP contribution is -2.43. The molecule has 0 bridgehead atoms. The van der Waals surface area contributed by atoms with Gasteiger partial charge in [0.25, 0.3) is 0 Å². The maximum Gasteiger partial charge on any atom is 0.220 e. The van der Waals surface area contributed by atoms with E-state index in [2.05, 4.69) is 12.2 Å². The second-order valence-corrected chi connectivity index (χ2v) is 4.01. The highest BCUT2D eigenvalue weighted by Crippen LogP contribution is 2.08. The zero-order valence-electron chi connectivity index (χ0n) is 8.89. The third kappa shape index (κ3) is 6.58. The molecule has 2 N–H and O–H groups in total. The molecular formula is C10H21NO2. The Labute approximate surface area is 80.5 Å². The van der Waals surface area contributed by atoms with Crippen LogP contribution >= 0.6 is 0 Å². The van der Waals surface area contributed by atoms with Crippen molar-refractivity contribution in [2.24, 2.45) is 0 Å². The minimum absolute atomic E-state index is 0.0836. The predicted molar refractivity (Wildman–Crippen MR) is 53.4 cm³/mol. The zero-order chi connectivity index (χ0) is 10.3. The standard InChI is InChI=1S/C10H21NO2/c1-4-5-6-9(13)11-10(2,3)7-8-12/h12H,4-8H2,1-3H3,(H,11,13). The van der Waals surface area contributed by atoms with Crippen molar-refractivity contribution >= 4 is 5.91 Å². The number of aliphatic hydroxyl groups is 1. The molecule has 0 heterocycles.